The highest BCUT2D eigenvalue weighted by Crippen LogP contribution is 2.54. The molecule has 4 nitrogen and oxygen atoms in total. The van der Waals surface area contributed by atoms with E-state index < -0.39 is 6.10 Å². The second-order valence-electron chi connectivity index (χ2n) is 6.14. The highest BCUT2D eigenvalue weighted by atomic mass is 35.5. The molecular weight excluding hydrogens is 324 g/mol. The maximum atomic E-state index is 12.0. The van der Waals surface area contributed by atoms with Crippen molar-refractivity contribution in [3.8, 4) is 0 Å². The summed E-state index contributed by atoms with van der Waals surface area (Å²) < 4.78 is 0. The quantitative estimate of drug-likeness (QED) is 0.625. The van der Waals surface area contributed by atoms with Crippen molar-refractivity contribution in [3.05, 3.63) is 71.0 Å². The van der Waals surface area contributed by atoms with Gasteiger partial charge in [-0.3, -0.25) is 4.79 Å². The van der Waals surface area contributed by atoms with Gasteiger partial charge in [0.15, 0.2) is 0 Å². The topological polar surface area (TPSA) is 62.2 Å². The Balaban J connectivity index is 1.56. The zero-order valence-corrected chi connectivity index (χ0v) is 13.9. The van der Waals surface area contributed by atoms with Gasteiger partial charge in [-0.2, -0.15) is 0 Å². The van der Waals surface area contributed by atoms with E-state index in [1.807, 2.05) is 30.3 Å². The number of carbonyl (C=O) groups excluding carboxylic acids is 1. The van der Waals surface area contributed by atoms with Crippen molar-refractivity contribution in [1.82, 2.24) is 10.3 Å². The molecule has 0 spiro atoms. The second-order valence-corrected chi connectivity index (χ2v) is 6.53. The normalized spacial score (nSPS) is 16.8. The molecule has 2 aromatic rings. The molecule has 2 N–H and O–H groups in total. The summed E-state index contributed by atoms with van der Waals surface area (Å²) in [5.74, 6) is -0.186. The molecule has 124 valence electrons. The molecule has 1 aliphatic rings. The Morgan fingerprint density at radius 1 is 1.33 bits per heavy atom. The van der Waals surface area contributed by atoms with E-state index in [1.165, 1.54) is 6.08 Å². The van der Waals surface area contributed by atoms with Crippen LogP contribution in [0.15, 0.2) is 54.7 Å². The molecule has 5 heteroatoms. The highest BCUT2D eigenvalue weighted by Gasteiger charge is 2.49. The van der Waals surface area contributed by atoms with E-state index in [1.54, 1.807) is 24.4 Å². The molecule has 1 unspecified atom stereocenters. The number of pyridine rings is 1. The third kappa shape index (κ3) is 4.02. The molecule has 1 aromatic carbocycles. The number of aliphatic hydroxyl groups excluding tert-OH is 1. The fourth-order valence-electron chi connectivity index (χ4n) is 2.71. The number of aliphatic hydroxyl groups is 1. The summed E-state index contributed by atoms with van der Waals surface area (Å²) in [5, 5.41) is 13.8. The van der Waals surface area contributed by atoms with Crippen LogP contribution in [0.4, 0.5) is 0 Å². The van der Waals surface area contributed by atoms with Crippen molar-refractivity contribution < 1.29 is 9.90 Å². The smallest absolute Gasteiger partial charge is 0.244 e. The van der Waals surface area contributed by atoms with Gasteiger partial charge in [-0.05, 0) is 42.2 Å². The zero-order valence-electron chi connectivity index (χ0n) is 13.2. The van der Waals surface area contributed by atoms with Crippen LogP contribution in [0.3, 0.4) is 0 Å². The van der Waals surface area contributed by atoms with E-state index >= 15 is 0 Å². The fraction of sp³-hybridized carbons (Fsp3) is 0.263. The molecule has 3 rings (SSSR count). The molecule has 1 aromatic heterocycles. The van der Waals surface area contributed by atoms with Gasteiger partial charge < -0.3 is 10.4 Å². The van der Waals surface area contributed by atoms with Crippen LogP contribution in [-0.4, -0.2) is 22.5 Å². The van der Waals surface area contributed by atoms with Gasteiger partial charge >= 0.3 is 0 Å². The lowest BCUT2D eigenvalue weighted by Crippen LogP contribution is -2.32. The minimum Gasteiger partial charge on any atom is -0.388 e. The number of hydrogen-bond donors (Lipinski definition) is 2. The Labute approximate surface area is 146 Å². The minimum absolute atomic E-state index is 0.186. The van der Waals surface area contributed by atoms with Crippen molar-refractivity contribution in [2.45, 2.75) is 18.9 Å². The average molecular weight is 343 g/mol. The largest absolute Gasteiger partial charge is 0.388 e. The SMILES string of the molecule is O=C(/C=C/c1ccnc(Cl)c1)NCC1(C(O)c2ccccc2)CC1. The van der Waals surface area contributed by atoms with E-state index in [-0.39, 0.29) is 11.3 Å². The highest BCUT2D eigenvalue weighted by molar-refractivity contribution is 6.29. The summed E-state index contributed by atoms with van der Waals surface area (Å²) in [4.78, 5) is 15.9. The fourth-order valence-corrected chi connectivity index (χ4v) is 2.89. The van der Waals surface area contributed by atoms with Gasteiger partial charge in [0.05, 0.1) is 6.10 Å². The van der Waals surface area contributed by atoms with Crippen molar-refractivity contribution in [1.29, 1.82) is 0 Å². The second kappa shape index (κ2) is 7.16. The molecule has 0 aliphatic heterocycles. The molecule has 1 heterocycles. The van der Waals surface area contributed by atoms with Crippen molar-refractivity contribution in [3.63, 3.8) is 0 Å². The zero-order chi connectivity index (χ0) is 17.0. The van der Waals surface area contributed by atoms with E-state index in [9.17, 15) is 9.90 Å². The van der Waals surface area contributed by atoms with Gasteiger partial charge in [-0.15, -0.1) is 0 Å². The Morgan fingerprint density at radius 3 is 2.75 bits per heavy atom. The van der Waals surface area contributed by atoms with Crippen molar-refractivity contribution in [2.75, 3.05) is 6.54 Å². The predicted molar refractivity (Wildman–Crippen MR) is 94.4 cm³/mol. The summed E-state index contributed by atoms with van der Waals surface area (Å²) in [7, 11) is 0. The van der Waals surface area contributed by atoms with Crippen molar-refractivity contribution in [2.24, 2.45) is 5.41 Å². The molecule has 1 saturated carbocycles. The van der Waals surface area contributed by atoms with Crippen LogP contribution in [0, 0.1) is 5.41 Å². The van der Waals surface area contributed by atoms with E-state index in [4.69, 9.17) is 11.6 Å². The third-order valence-corrected chi connectivity index (χ3v) is 4.59. The van der Waals surface area contributed by atoms with Crippen molar-refractivity contribution >= 4 is 23.6 Å². The number of hydrogen-bond acceptors (Lipinski definition) is 3. The number of carbonyl (C=O) groups is 1. The van der Waals surface area contributed by atoms with Gasteiger partial charge in [-0.1, -0.05) is 41.9 Å². The maximum absolute atomic E-state index is 12.0. The molecule has 0 saturated heterocycles. The molecular formula is C19H19ClN2O2. The lowest BCUT2D eigenvalue weighted by Gasteiger charge is -2.22. The van der Waals surface area contributed by atoms with Crippen LogP contribution in [0.5, 0.6) is 0 Å². The number of amides is 1. The first-order chi connectivity index (χ1) is 11.6. The first-order valence-electron chi connectivity index (χ1n) is 7.90. The third-order valence-electron chi connectivity index (χ3n) is 4.38. The molecule has 24 heavy (non-hydrogen) atoms. The number of halogens is 1. The number of benzene rings is 1. The molecule has 0 bridgehead atoms. The number of rotatable bonds is 6. The van der Waals surface area contributed by atoms with Gasteiger partial charge in [-0.25, -0.2) is 4.98 Å². The number of aromatic nitrogens is 1. The Bertz CT molecular complexity index is 742. The Hall–Kier alpha value is -2.17. The first-order valence-corrected chi connectivity index (χ1v) is 8.27. The average Bonchev–Trinajstić information content (AvgIpc) is 3.39. The molecule has 1 amide bonds. The summed E-state index contributed by atoms with van der Waals surface area (Å²) in [6, 6.07) is 13.0. The van der Waals surface area contributed by atoms with E-state index in [0.717, 1.165) is 24.0 Å². The van der Waals surface area contributed by atoms with Crippen LogP contribution in [0.2, 0.25) is 5.15 Å². The minimum atomic E-state index is -0.554. The summed E-state index contributed by atoms with van der Waals surface area (Å²) >= 11 is 5.81. The molecule has 0 radical (unpaired) electrons. The lowest BCUT2D eigenvalue weighted by atomic mass is 9.92. The molecule has 1 fully saturated rings. The van der Waals surface area contributed by atoms with Gasteiger partial charge in [0.25, 0.3) is 0 Å². The molecule has 1 atom stereocenters. The number of nitrogens with zero attached hydrogens (tertiary/aromatic N) is 1. The van der Waals surface area contributed by atoms with Crippen LogP contribution < -0.4 is 5.32 Å². The van der Waals surface area contributed by atoms with Crippen LogP contribution >= 0.6 is 11.6 Å². The summed E-state index contributed by atoms with van der Waals surface area (Å²) in [6.07, 6.45) is 6.02. The van der Waals surface area contributed by atoms with Gasteiger partial charge in [0, 0.05) is 24.2 Å². The lowest BCUT2D eigenvalue weighted by molar-refractivity contribution is -0.116. The van der Waals surface area contributed by atoms with E-state index in [2.05, 4.69) is 10.3 Å². The van der Waals surface area contributed by atoms with Crippen LogP contribution in [0.1, 0.15) is 30.1 Å². The van der Waals surface area contributed by atoms with Crippen LogP contribution in [0.25, 0.3) is 6.08 Å². The summed E-state index contributed by atoms with van der Waals surface area (Å²) in [6.45, 7) is 0.462. The maximum Gasteiger partial charge on any atom is 0.244 e. The van der Waals surface area contributed by atoms with Gasteiger partial charge in [0.2, 0.25) is 5.91 Å². The summed E-state index contributed by atoms with van der Waals surface area (Å²) in [5.41, 5.74) is 1.46. The van der Waals surface area contributed by atoms with Crippen LogP contribution in [-0.2, 0) is 4.79 Å². The molecule has 1 aliphatic carbocycles. The Morgan fingerprint density at radius 2 is 2.08 bits per heavy atom. The Kier molecular flexibility index (Phi) is 4.97. The standard InChI is InChI=1S/C19H19ClN2O2/c20-16-12-14(8-11-21-16)6-7-17(23)22-13-19(9-10-19)18(24)15-4-2-1-3-5-15/h1-8,11-12,18,24H,9-10,13H2,(H,22,23)/b7-6+. The number of nitrogens with one attached hydrogen (secondary N) is 1. The monoisotopic (exact) mass is 342 g/mol. The predicted octanol–water partition coefficient (Wildman–Crippen LogP) is 3.38. The van der Waals surface area contributed by atoms with E-state index in [0.29, 0.717) is 11.7 Å². The first kappa shape index (κ1) is 16.7. The van der Waals surface area contributed by atoms with Gasteiger partial charge in [0.1, 0.15) is 5.15 Å².